The number of hydrogen-bond donors (Lipinski definition) is 0. The van der Waals surface area contributed by atoms with Crippen molar-refractivity contribution >= 4 is 17.9 Å². The lowest BCUT2D eigenvalue weighted by molar-refractivity contribution is -0.144. The maximum Gasteiger partial charge on any atom is 0.410 e. The van der Waals surface area contributed by atoms with E-state index in [1.165, 1.54) is 4.90 Å². The molecule has 0 saturated carbocycles. The topological polar surface area (TPSA) is 75.1 Å². The van der Waals surface area contributed by atoms with Crippen molar-refractivity contribution < 1.29 is 19.1 Å². The normalized spacial score (nSPS) is 21.9. The highest BCUT2D eigenvalue weighted by atomic mass is 16.6. The van der Waals surface area contributed by atoms with Crippen LogP contribution in [0.4, 0.5) is 4.79 Å². The zero-order valence-electron chi connectivity index (χ0n) is 17.8. The largest absolute Gasteiger partial charge is 0.444 e. The Labute approximate surface area is 172 Å². The van der Waals surface area contributed by atoms with Gasteiger partial charge in [0.05, 0.1) is 0 Å². The van der Waals surface area contributed by atoms with E-state index in [0.29, 0.717) is 26.2 Å². The highest BCUT2D eigenvalue weighted by Crippen LogP contribution is 2.22. The summed E-state index contributed by atoms with van der Waals surface area (Å²) in [6, 6.07) is 3.55. The summed E-state index contributed by atoms with van der Waals surface area (Å²) in [6.45, 7) is 9.54. The third-order valence-electron chi connectivity index (χ3n) is 5.49. The van der Waals surface area contributed by atoms with Gasteiger partial charge in [-0.1, -0.05) is 0 Å². The van der Waals surface area contributed by atoms with Gasteiger partial charge in [-0.25, -0.2) is 4.79 Å². The molecule has 29 heavy (non-hydrogen) atoms. The third kappa shape index (κ3) is 5.10. The number of nitrogens with zero attached hydrogens (tertiary/aromatic N) is 4. The molecule has 0 aromatic carbocycles. The minimum Gasteiger partial charge on any atom is -0.444 e. The second-order valence-electron chi connectivity index (χ2n) is 8.88. The Morgan fingerprint density at radius 3 is 2.41 bits per heavy atom. The summed E-state index contributed by atoms with van der Waals surface area (Å²) in [5, 5.41) is 0. The van der Waals surface area contributed by atoms with Crippen molar-refractivity contribution in [2.45, 2.75) is 58.2 Å². The Morgan fingerprint density at radius 2 is 1.79 bits per heavy atom. The van der Waals surface area contributed by atoms with Crippen LogP contribution in [0.25, 0.3) is 0 Å². The van der Waals surface area contributed by atoms with Crippen LogP contribution in [0.1, 0.15) is 46.6 Å². The van der Waals surface area contributed by atoms with Gasteiger partial charge in [-0.05, 0) is 52.7 Å². The Balaban J connectivity index is 1.58. The van der Waals surface area contributed by atoms with E-state index < -0.39 is 11.7 Å². The van der Waals surface area contributed by atoms with E-state index in [9.17, 15) is 14.4 Å². The summed E-state index contributed by atoms with van der Waals surface area (Å²) in [6.07, 6.45) is 5.08. The number of amides is 3. The number of piperidine rings is 1. The number of hydrogen-bond acceptors (Lipinski definition) is 4. The third-order valence-corrected chi connectivity index (χ3v) is 5.49. The number of rotatable bonds is 3. The van der Waals surface area contributed by atoms with Gasteiger partial charge < -0.3 is 19.1 Å². The van der Waals surface area contributed by atoms with Crippen LogP contribution < -0.4 is 0 Å². The highest BCUT2D eigenvalue weighted by Gasteiger charge is 2.36. The summed E-state index contributed by atoms with van der Waals surface area (Å²) >= 11 is 0. The van der Waals surface area contributed by atoms with Crippen molar-refractivity contribution in [3.63, 3.8) is 0 Å². The first kappa shape index (κ1) is 21.2. The average molecular weight is 405 g/mol. The van der Waals surface area contributed by atoms with Crippen molar-refractivity contribution in [3.05, 3.63) is 24.5 Å². The van der Waals surface area contributed by atoms with Gasteiger partial charge in [0.2, 0.25) is 11.8 Å². The van der Waals surface area contributed by atoms with Crippen molar-refractivity contribution in [1.29, 1.82) is 0 Å². The fourth-order valence-corrected chi connectivity index (χ4v) is 3.96. The molecule has 1 aromatic heterocycles. The van der Waals surface area contributed by atoms with Crippen LogP contribution in [0, 0.1) is 0 Å². The Bertz CT molecular complexity index is 740. The lowest BCUT2D eigenvalue weighted by atomic mass is 10.0. The zero-order chi connectivity index (χ0) is 21.2. The summed E-state index contributed by atoms with van der Waals surface area (Å²) in [5.74, 6) is -0.00870. The Kier molecular flexibility index (Phi) is 6.19. The van der Waals surface area contributed by atoms with E-state index in [-0.39, 0.29) is 30.4 Å². The molecule has 0 bridgehead atoms. The number of ether oxygens (including phenoxy) is 1. The maximum atomic E-state index is 12.9. The molecule has 2 aliphatic heterocycles. The Morgan fingerprint density at radius 1 is 1.10 bits per heavy atom. The second-order valence-corrected chi connectivity index (χ2v) is 8.88. The van der Waals surface area contributed by atoms with Crippen LogP contribution in [0.3, 0.4) is 0 Å². The van der Waals surface area contributed by atoms with Crippen LogP contribution in [0.5, 0.6) is 0 Å². The van der Waals surface area contributed by atoms with E-state index in [1.807, 2.05) is 66.6 Å². The predicted octanol–water partition coefficient (Wildman–Crippen LogP) is 2.12. The lowest BCUT2D eigenvalue weighted by Crippen LogP contribution is -2.59. The molecule has 0 spiro atoms. The molecule has 2 atom stereocenters. The number of likely N-dealkylation sites (tertiary alicyclic amines) is 1. The first-order chi connectivity index (χ1) is 13.7. The molecule has 0 aliphatic carbocycles. The number of carbonyl (C=O) groups excluding carboxylic acids is 3. The molecular formula is C21H32N4O4. The molecule has 0 radical (unpaired) electrons. The molecule has 2 fully saturated rings. The quantitative estimate of drug-likeness (QED) is 0.773. The van der Waals surface area contributed by atoms with E-state index in [4.69, 9.17) is 4.74 Å². The van der Waals surface area contributed by atoms with Gasteiger partial charge in [0.25, 0.3) is 0 Å². The van der Waals surface area contributed by atoms with Crippen LogP contribution >= 0.6 is 0 Å². The van der Waals surface area contributed by atoms with Crippen LogP contribution in [0.15, 0.2) is 24.5 Å². The second kappa shape index (κ2) is 8.47. The zero-order valence-corrected chi connectivity index (χ0v) is 17.8. The molecule has 160 valence electrons. The monoisotopic (exact) mass is 404 g/mol. The number of carbonyl (C=O) groups is 3. The summed E-state index contributed by atoms with van der Waals surface area (Å²) in [5.41, 5.74) is -0.585. The summed E-state index contributed by atoms with van der Waals surface area (Å²) < 4.78 is 7.28. The molecule has 0 unspecified atom stereocenters. The molecule has 2 saturated heterocycles. The minimum absolute atomic E-state index is 0.00199. The van der Waals surface area contributed by atoms with Gasteiger partial charge in [0.15, 0.2) is 0 Å². The van der Waals surface area contributed by atoms with E-state index in [0.717, 1.165) is 12.8 Å². The van der Waals surface area contributed by atoms with Crippen molar-refractivity contribution in [1.82, 2.24) is 19.3 Å². The lowest BCUT2D eigenvalue weighted by Gasteiger charge is -2.43. The predicted molar refractivity (Wildman–Crippen MR) is 108 cm³/mol. The smallest absolute Gasteiger partial charge is 0.410 e. The van der Waals surface area contributed by atoms with Crippen LogP contribution in [0.2, 0.25) is 0 Å². The molecule has 0 N–H and O–H groups in total. The fraction of sp³-hybridized carbons (Fsp3) is 0.667. The Hall–Kier alpha value is -2.51. The average Bonchev–Trinajstić information content (AvgIpc) is 3.20. The van der Waals surface area contributed by atoms with Gasteiger partial charge in [0, 0.05) is 44.6 Å². The molecule has 8 nitrogen and oxygen atoms in total. The standard InChI is InChI=1S/C21H32N4O4/c1-16(22-9-5-6-10-22)19(27)23-11-7-8-17(14-23)25-13-12-24(15-18(25)26)20(28)29-21(2,3)4/h5-6,9-10,16-17H,7-8,11-15H2,1-4H3/t16-,17+/m0/s1. The van der Waals surface area contributed by atoms with Crippen molar-refractivity contribution in [2.75, 3.05) is 32.7 Å². The van der Waals surface area contributed by atoms with Crippen LogP contribution in [-0.2, 0) is 14.3 Å². The van der Waals surface area contributed by atoms with Gasteiger partial charge >= 0.3 is 6.09 Å². The van der Waals surface area contributed by atoms with E-state index >= 15 is 0 Å². The first-order valence-corrected chi connectivity index (χ1v) is 10.3. The molecule has 8 heteroatoms. The molecular weight excluding hydrogens is 372 g/mol. The molecule has 3 rings (SSSR count). The van der Waals surface area contributed by atoms with Crippen molar-refractivity contribution in [3.8, 4) is 0 Å². The van der Waals surface area contributed by atoms with Crippen molar-refractivity contribution in [2.24, 2.45) is 0 Å². The van der Waals surface area contributed by atoms with Crippen LogP contribution in [-0.4, -0.2) is 81.5 Å². The first-order valence-electron chi connectivity index (χ1n) is 10.3. The minimum atomic E-state index is -0.585. The number of aromatic nitrogens is 1. The number of piperazine rings is 1. The van der Waals surface area contributed by atoms with E-state index in [2.05, 4.69) is 0 Å². The molecule has 3 amide bonds. The molecule has 1 aromatic rings. The summed E-state index contributed by atoms with van der Waals surface area (Å²) in [7, 11) is 0. The summed E-state index contributed by atoms with van der Waals surface area (Å²) in [4.78, 5) is 43.1. The molecule has 2 aliphatic rings. The maximum absolute atomic E-state index is 12.9. The van der Waals surface area contributed by atoms with Gasteiger partial charge in [-0.2, -0.15) is 0 Å². The van der Waals surface area contributed by atoms with Gasteiger partial charge in [-0.15, -0.1) is 0 Å². The molecule has 3 heterocycles. The SMILES string of the molecule is C[C@@H](C(=O)N1CCC[C@@H](N2CCN(C(=O)OC(C)(C)C)CC2=O)C1)n1cccc1. The fourth-order valence-electron chi connectivity index (χ4n) is 3.96. The van der Waals surface area contributed by atoms with Gasteiger partial charge in [-0.3, -0.25) is 14.5 Å². The van der Waals surface area contributed by atoms with E-state index in [1.54, 1.807) is 0 Å². The highest BCUT2D eigenvalue weighted by molar-refractivity contribution is 5.84. The van der Waals surface area contributed by atoms with Gasteiger partial charge in [0.1, 0.15) is 18.2 Å².